The van der Waals surface area contributed by atoms with Gasteiger partial charge in [0.25, 0.3) is 5.91 Å². The summed E-state index contributed by atoms with van der Waals surface area (Å²) in [5.41, 5.74) is 5.20. The van der Waals surface area contributed by atoms with Crippen molar-refractivity contribution in [3.05, 3.63) is 119 Å². The van der Waals surface area contributed by atoms with Crippen molar-refractivity contribution >= 4 is 42.6 Å². The van der Waals surface area contributed by atoms with Gasteiger partial charge in [0.15, 0.2) is 5.13 Å². The minimum Gasteiger partial charge on any atom is -0.279 e. The summed E-state index contributed by atoms with van der Waals surface area (Å²) in [5, 5.41) is 0.577. The number of benzene rings is 3. The fourth-order valence-electron chi connectivity index (χ4n) is 4.74. The predicted octanol–water partition coefficient (Wildman–Crippen LogP) is 6.75. The Balaban J connectivity index is 1.47. The third-order valence-corrected chi connectivity index (χ3v) is 9.88. The minimum atomic E-state index is -3.80. The Kier molecular flexibility index (Phi) is 8.30. The molecule has 0 aliphatic rings. The molecule has 0 aliphatic carbocycles. The highest BCUT2D eigenvalue weighted by atomic mass is 32.2. The fraction of sp³-hybridized carbons (Fsp3) is 0.219. The lowest BCUT2D eigenvalue weighted by Gasteiger charge is -2.26. The summed E-state index contributed by atoms with van der Waals surface area (Å²) in [6.45, 7) is 8.31. The molecule has 0 bridgehead atoms. The number of hydrogen-bond donors (Lipinski definition) is 0. The zero-order valence-electron chi connectivity index (χ0n) is 23.5. The molecule has 0 aliphatic heterocycles. The second-order valence-corrected chi connectivity index (χ2v) is 13.2. The Morgan fingerprint density at radius 3 is 2.27 bits per heavy atom. The van der Waals surface area contributed by atoms with Crippen molar-refractivity contribution in [2.24, 2.45) is 0 Å². The van der Waals surface area contributed by atoms with Crippen molar-refractivity contribution in [1.82, 2.24) is 14.3 Å². The van der Waals surface area contributed by atoms with E-state index in [9.17, 15) is 13.2 Å². The number of fused-ring (bicyclic) bond motifs is 1. The number of nitrogens with zero attached hydrogens (tertiary/aromatic N) is 4. The summed E-state index contributed by atoms with van der Waals surface area (Å²) in [7, 11) is -3.80. The van der Waals surface area contributed by atoms with Crippen LogP contribution in [0.1, 0.15) is 46.5 Å². The van der Waals surface area contributed by atoms with Crippen LogP contribution in [0.5, 0.6) is 0 Å². The molecule has 0 saturated heterocycles. The van der Waals surface area contributed by atoms with Gasteiger partial charge < -0.3 is 0 Å². The first-order chi connectivity index (χ1) is 19.6. The molecule has 2 heterocycles. The SMILES string of the molecule is Cc1cc(C)c2nc(N(Cc3cccnc3)C(=O)c3ccc(S(=O)(=O)N(Cc4ccccc4)C(C)C)cc3)sc2c1. The number of amides is 1. The molecule has 0 fully saturated rings. The molecule has 7 nitrogen and oxygen atoms in total. The third kappa shape index (κ3) is 6.22. The molecule has 0 saturated carbocycles. The lowest BCUT2D eigenvalue weighted by atomic mass is 10.1. The van der Waals surface area contributed by atoms with Crippen LogP contribution in [-0.4, -0.2) is 34.6 Å². The lowest BCUT2D eigenvalue weighted by molar-refractivity contribution is 0.0985. The molecule has 5 rings (SSSR count). The minimum absolute atomic E-state index is 0.142. The van der Waals surface area contributed by atoms with Crippen molar-refractivity contribution in [3.63, 3.8) is 0 Å². The normalized spacial score (nSPS) is 11.9. The number of anilines is 1. The zero-order chi connectivity index (χ0) is 29.1. The molecule has 3 aromatic carbocycles. The number of aryl methyl sites for hydroxylation is 2. The number of hydrogen-bond acceptors (Lipinski definition) is 6. The van der Waals surface area contributed by atoms with Crippen LogP contribution in [0.25, 0.3) is 10.2 Å². The Morgan fingerprint density at radius 2 is 1.61 bits per heavy atom. The highest BCUT2D eigenvalue weighted by Gasteiger charge is 2.28. The van der Waals surface area contributed by atoms with Crippen LogP contribution in [0.2, 0.25) is 0 Å². The number of pyridine rings is 1. The van der Waals surface area contributed by atoms with Crippen molar-refractivity contribution < 1.29 is 13.2 Å². The van der Waals surface area contributed by atoms with E-state index in [1.54, 1.807) is 29.4 Å². The van der Waals surface area contributed by atoms with E-state index in [2.05, 4.69) is 17.1 Å². The van der Waals surface area contributed by atoms with Gasteiger partial charge >= 0.3 is 0 Å². The van der Waals surface area contributed by atoms with Crippen LogP contribution >= 0.6 is 11.3 Å². The van der Waals surface area contributed by atoms with Crippen molar-refractivity contribution in [2.45, 2.75) is 51.7 Å². The molecule has 1 amide bonds. The Hall–Kier alpha value is -3.92. The summed E-state index contributed by atoms with van der Waals surface area (Å²) in [6.07, 6.45) is 3.42. The monoisotopic (exact) mass is 584 g/mol. The standard InChI is InChI=1S/C32H32N4O3S2/c1-22(2)36(21-25-9-6-5-7-10-25)41(38,39)28-14-12-27(13-15-28)31(37)35(20-26-11-8-16-33-19-26)32-34-30-24(4)17-23(3)18-29(30)40-32/h5-19,22H,20-21H2,1-4H3. The predicted molar refractivity (Wildman–Crippen MR) is 165 cm³/mol. The molecule has 0 radical (unpaired) electrons. The van der Waals surface area contributed by atoms with Crippen LogP contribution in [-0.2, 0) is 23.1 Å². The van der Waals surface area contributed by atoms with Gasteiger partial charge in [-0.1, -0.05) is 53.8 Å². The Labute approximate surface area is 245 Å². The van der Waals surface area contributed by atoms with E-state index >= 15 is 0 Å². The van der Waals surface area contributed by atoms with E-state index in [4.69, 9.17) is 4.98 Å². The third-order valence-electron chi connectivity index (χ3n) is 6.82. The second kappa shape index (κ2) is 11.9. The van der Waals surface area contributed by atoms with Crippen LogP contribution in [0.15, 0.2) is 96.2 Å². The molecule has 0 N–H and O–H groups in total. The van der Waals surface area contributed by atoms with E-state index in [-0.39, 0.29) is 29.9 Å². The molecule has 0 unspecified atom stereocenters. The highest BCUT2D eigenvalue weighted by Crippen LogP contribution is 2.33. The molecule has 210 valence electrons. The first kappa shape index (κ1) is 28.6. The van der Waals surface area contributed by atoms with Gasteiger partial charge in [-0.05, 0) is 86.3 Å². The maximum Gasteiger partial charge on any atom is 0.260 e. The van der Waals surface area contributed by atoms with Crippen LogP contribution < -0.4 is 4.90 Å². The molecule has 5 aromatic rings. The number of sulfonamides is 1. The van der Waals surface area contributed by atoms with Gasteiger partial charge in [-0.25, -0.2) is 13.4 Å². The number of carbonyl (C=O) groups is 1. The maximum atomic E-state index is 13.9. The van der Waals surface area contributed by atoms with Crippen molar-refractivity contribution in [3.8, 4) is 0 Å². The smallest absolute Gasteiger partial charge is 0.260 e. The van der Waals surface area contributed by atoms with Gasteiger partial charge in [0.2, 0.25) is 10.0 Å². The Morgan fingerprint density at radius 1 is 0.902 bits per heavy atom. The first-order valence-corrected chi connectivity index (χ1v) is 15.6. The lowest BCUT2D eigenvalue weighted by Crippen LogP contribution is -2.36. The largest absolute Gasteiger partial charge is 0.279 e. The van der Waals surface area contributed by atoms with E-state index in [1.165, 1.54) is 27.8 Å². The summed E-state index contributed by atoms with van der Waals surface area (Å²) >= 11 is 1.46. The van der Waals surface area contributed by atoms with E-state index in [1.807, 2.05) is 70.2 Å². The topological polar surface area (TPSA) is 83.5 Å². The number of thiazole rings is 1. The van der Waals surface area contributed by atoms with Gasteiger partial charge in [-0.3, -0.25) is 14.7 Å². The molecular weight excluding hydrogens is 553 g/mol. The van der Waals surface area contributed by atoms with Crippen LogP contribution in [0.4, 0.5) is 5.13 Å². The number of carbonyl (C=O) groups excluding carboxylic acids is 1. The fourth-order valence-corrected chi connectivity index (χ4v) is 7.51. The van der Waals surface area contributed by atoms with Gasteiger partial charge in [-0.15, -0.1) is 0 Å². The Bertz CT molecular complexity index is 1770. The van der Waals surface area contributed by atoms with E-state index in [0.29, 0.717) is 10.7 Å². The molecule has 9 heteroatoms. The van der Waals surface area contributed by atoms with Gasteiger partial charge in [0.1, 0.15) is 0 Å². The van der Waals surface area contributed by atoms with Gasteiger partial charge in [0.05, 0.1) is 21.7 Å². The van der Waals surface area contributed by atoms with Gasteiger partial charge in [-0.2, -0.15) is 4.31 Å². The average molecular weight is 585 g/mol. The van der Waals surface area contributed by atoms with Crippen molar-refractivity contribution in [1.29, 1.82) is 0 Å². The zero-order valence-corrected chi connectivity index (χ0v) is 25.1. The van der Waals surface area contributed by atoms with Crippen molar-refractivity contribution in [2.75, 3.05) is 4.90 Å². The number of rotatable bonds is 9. The molecule has 2 aromatic heterocycles. The maximum absolute atomic E-state index is 13.9. The quantitative estimate of drug-likeness (QED) is 0.191. The number of aromatic nitrogens is 2. The van der Waals surface area contributed by atoms with E-state index in [0.717, 1.165) is 32.5 Å². The summed E-state index contributed by atoms with van der Waals surface area (Å²) in [4.78, 5) is 24.8. The highest BCUT2D eigenvalue weighted by molar-refractivity contribution is 7.89. The average Bonchev–Trinajstić information content (AvgIpc) is 3.39. The van der Waals surface area contributed by atoms with Gasteiger partial charge in [0, 0.05) is 30.5 Å². The van der Waals surface area contributed by atoms with E-state index < -0.39 is 10.0 Å². The summed E-state index contributed by atoms with van der Waals surface area (Å²) in [5.74, 6) is -0.267. The van der Waals surface area contributed by atoms with Crippen LogP contribution in [0.3, 0.4) is 0 Å². The molecule has 0 spiro atoms. The summed E-state index contributed by atoms with van der Waals surface area (Å²) in [6, 6.07) is 23.4. The van der Waals surface area contributed by atoms with Crippen LogP contribution in [0, 0.1) is 13.8 Å². The summed E-state index contributed by atoms with van der Waals surface area (Å²) < 4.78 is 29.7. The molecule has 41 heavy (non-hydrogen) atoms. The molecular formula is C32H32N4O3S2. The second-order valence-electron chi connectivity index (χ2n) is 10.3. The molecule has 0 atom stereocenters. The first-order valence-electron chi connectivity index (χ1n) is 13.4.